The minimum atomic E-state index is 0.259. The molecule has 1 aliphatic rings. The largest absolute Gasteiger partial charge is 0.510 e. The number of aliphatic hydroxyl groups is 1. The summed E-state index contributed by atoms with van der Waals surface area (Å²) in [5.74, 6) is 0.259. The number of rotatable bonds is 2. The Morgan fingerprint density at radius 2 is 2.50 bits per heavy atom. The van der Waals surface area contributed by atoms with Crippen LogP contribution in [0.4, 0.5) is 0 Å². The molecule has 0 aliphatic heterocycles. The molecule has 0 fully saturated rings. The Kier molecular flexibility index (Phi) is 2.10. The first kappa shape index (κ1) is 6.86. The second-order valence-electron chi connectivity index (χ2n) is 2.06. The number of carbonyl (C=O) groups excluding carboxylic acids is 1. The summed E-state index contributed by atoms with van der Waals surface area (Å²) in [4.78, 5) is 9.93. The maximum Gasteiger partial charge on any atom is 0.211 e. The average Bonchev–Trinajstić information content (AvgIpc) is 1.94. The van der Waals surface area contributed by atoms with Crippen LogP contribution in [0.1, 0.15) is 12.8 Å². The number of carbonyl (C=O) groups is 1. The van der Waals surface area contributed by atoms with Crippen LogP contribution in [0, 0.1) is 0 Å². The average molecular weight is 139 g/mol. The van der Waals surface area contributed by atoms with Crippen LogP contribution in [0.2, 0.25) is 0 Å². The Hall–Kier alpha value is -1.25. The van der Waals surface area contributed by atoms with Crippen molar-refractivity contribution in [1.29, 1.82) is 0 Å². The highest BCUT2D eigenvalue weighted by Gasteiger charge is 2.04. The molecule has 0 atom stereocenters. The third kappa shape index (κ3) is 1.37. The van der Waals surface area contributed by atoms with E-state index in [1.807, 2.05) is 6.08 Å². The lowest BCUT2D eigenvalue weighted by molar-refractivity contribution is -0.108. The Balaban J connectivity index is 2.69. The smallest absolute Gasteiger partial charge is 0.211 e. The fourth-order valence-corrected chi connectivity index (χ4v) is 0.847. The quantitative estimate of drug-likeness (QED) is 0.557. The maximum atomic E-state index is 9.93. The van der Waals surface area contributed by atoms with Gasteiger partial charge in [0.1, 0.15) is 5.76 Å². The second-order valence-corrected chi connectivity index (χ2v) is 2.06. The number of aliphatic hydroxyl groups excluding tert-OH is 1. The van der Waals surface area contributed by atoms with Gasteiger partial charge in [0, 0.05) is 6.42 Å². The van der Waals surface area contributed by atoms with Gasteiger partial charge < -0.3 is 10.4 Å². The molecule has 1 amide bonds. The van der Waals surface area contributed by atoms with Gasteiger partial charge in [0.05, 0.1) is 5.70 Å². The molecule has 54 valence electrons. The maximum absolute atomic E-state index is 9.93. The van der Waals surface area contributed by atoms with Crippen molar-refractivity contribution in [2.45, 2.75) is 12.8 Å². The van der Waals surface area contributed by atoms with E-state index in [-0.39, 0.29) is 5.76 Å². The summed E-state index contributed by atoms with van der Waals surface area (Å²) in [6, 6.07) is 0. The van der Waals surface area contributed by atoms with Gasteiger partial charge in [-0.2, -0.15) is 0 Å². The first-order valence-corrected chi connectivity index (χ1v) is 3.13. The molecule has 0 unspecified atom stereocenters. The normalized spacial score (nSPS) is 17.2. The summed E-state index contributed by atoms with van der Waals surface area (Å²) in [5, 5.41) is 11.5. The van der Waals surface area contributed by atoms with Crippen molar-refractivity contribution in [3.63, 3.8) is 0 Å². The van der Waals surface area contributed by atoms with Crippen LogP contribution in [0.5, 0.6) is 0 Å². The monoisotopic (exact) mass is 139 g/mol. The molecule has 0 saturated carbocycles. The predicted octanol–water partition coefficient (Wildman–Crippen LogP) is 0.852. The molecule has 0 bridgehead atoms. The Morgan fingerprint density at radius 1 is 1.70 bits per heavy atom. The zero-order valence-corrected chi connectivity index (χ0v) is 5.50. The molecule has 2 N–H and O–H groups in total. The molecule has 0 aromatic rings. The highest BCUT2D eigenvalue weighted by molar-refractivity contribution is 5.52. The van der Waals surface area contributed by atoms with Crippen molar-refractivity contribution >= 4 is 6.41 Å². The summed E-state index contributed by atoms with van der Waals surface area (Å²) < 4.78 is 0. The van der Waals surface area contributed by atoms with Crippen molar-refractivity contribution in [3.8, 4) is 0 Å². The highest BCUT2D eigenvalue weighted by Crippen LogP contribution is 2.12. The molecule has 0 heterocycles. The van der Waals surface area contributed by atoms with Crippen molar-refractivity contribution < 1.29 is 9.90 Å². The zero-order chi connectivity index (χ0) is 7.40. The van der Waals surface area contributed by atoms with E-state index in [2.05, 4.69) is 5.32 Å². The van der Waals surface area contributed by atoms with Gasteiger partial charge in [0.2, 0.25) is 6.41 Å². The van der Waals surface area contributed by atoms with Crippen LogP contribution < -0.4 is 5.32 Å². The predicted molar refractivity (Wildman–Crippen MR) is 37.2 cm³/mol. The van der Waals surface area contributed by atoms with Crippen LogP contribution in [0.25, 0.3) is 0 Å². The summed E-state index contributed by atoms with van der Waals surface area (Å²) in [6.07, 6.45) is 5.63. The van der Waals surface area contributed by atoms with Crippen LogP contribution in [-0.4, -0.2) is 11.5 Å². The molecular formula is C7H9NO2. The van der Waals surface area contributed by atoms with Gasteiger partial charge in [-0.3, -0.25) is 4.79 Å². The molecule has 1 rings (SSSR count). The van der Waals surface area contributed by atoms with E-state index in [0.29, 0.717) is 18.5 Å². The minimum Gasteiger partial charge on any atom is -0.510 e. The molecule has 10 heavy (non-hydrogen) atoms. The van der Waals surface area contributed by atoms with Gasteiger partial charge in [-0.05, 0) is 12.5 Å². The molecule has 3 heteroatoms. The Labute approximate surface area is 59.0 Å². The van der Waals surface area contributed by atoms with Crippen LogP contribution in [-0.2, 0) is 4.79 Å². The Morgan fingerprint density at radius 3 is 3.10 bits per heavy atom. The van der Waals surface area contributed by atoms with Crippen LogP contribution in [0.3, 0.4) is 0 Å². The molecule has 3 nitrogen and oxygen atoms in total. The highest BCUT2D eigenvalue weighted by atomic mass is 16.3. The van der Waals surface area contributed by atoms with Crippen molar-refractivity contribution in [3.05, 3.63) is 23.6 Å². The van der Waals surface area contributed by atoms with Crippen LogP contribution in [0.15, 0.2) is 23.6 Å². The molecule has 1 aliphatic carbocycles. The van der Waals surface area contributed by atoms with E-state index in [0.717, 1.165) is 6.42 Å². The number of hydrogen-bond acceptors (Lipinski definition) is 2. The topological polar surface area (TPSA) is 49.3 Å². The van der Waals surface area contributed by atoms with Crippen molar-refractivity contribution in [2.75, 3.05) is 0 Å². The summed E-state index contributed by atoms with van der Waals surface area (Å²) in [7, 11) is 0. The number of amides is 1. The molecule has 0 radical (unpaired) electrons. The molecular weight excluding hydrogens is 130 g/mol. The third-order valence-corrected chi connectivity index (χ3v) is 1.36. The lowest BCUT2D eigenvalue weighted by Gasteiger charge is -2.08. The number of allylic oxidation sites excluding steroid dienone is 3. The lowest BCUT2D eigenvalue weighted by Crippen LogP contribution is -2.12. The van der Waals surface area contributed by atoms with Crippen molar-refractivity contribution in [1.82, 2.24) is 5.32 Å². The fourth-order valence-electron chi connectivity index (χ4n) is 0.847. The van der Waals surface area contributed by atoms with E-state index in [9.17, 15) is 4.79 Å². The summed E-state index contributed by atoms with van der Waals surface area (Å²) in [5.41, 5.74) is 0.515. The first-order chi connectivity index (χ1) is 4.84. The van der Waals surface area contributed by atoms with Gasteiger partial charge >= 0.3 is 0 Å². The van der Waals surface area contributed by atoms with Gasteiger partial charge in [0.25, 0.3) is 0 Å². The first-order valence-electron chi connectivity index (χ1n) is 3.13. The number of nitrogens with one attached hydrogen (secondary N) is 1. The van der Waals surface area contributed by atoms with Crippen LogP contribution >= 0.6 is 0 Å². The van der Waals surface area contributed by atoms with E-state index >= 15 is 0 Å². The lowest BCUT2D eigenvalue weighted by atomic mass is 10.1. The van der Waals surface area contributed by atoms with E-state index < -0.39 is 0 Å². The molecule has 0 aromatic heterocycles. The molecule has 0 saturated heterocycles. The van der Waals surface area contributed by atoms with Gasteiger partial charge in [-0.15, -0.1) is 0 Å². The second kappa shape index (κ2) is 3.06. The third-order valence-electron chi connectivity index (χ3n) is 1.36. The number of hydrogen-bond donors (Lipinski definition) is 2. The molecule has 0 aromatic carbocycles. The van der Waals surface area contributed by atoms with Gasteiger partial charge in [-0.25, -0.2) is 0 Å². The van der Waals surface area contributed by atoms with Gasteiger partial charge in [0.15, 0.2) is 0 Å². The standard InChI is InChI=1S/C7H9NO2/c9-5-8-6-3-1-2-4-7(6)10/h1,3,5,10H,2,4H2,(H,8,9). The zero-order valence-electron chi connectivity index (χ0n) is 5.50. The summed E-state index contributed by atoms with van der Waals surface area (Å²) >= 11 is 0. The van der Waals surface area contributed by atoms with Crippen molar-refractivity contribution in [2.24, 2.45) is 0 Å². The SMILES string of the molecule is O=CNC1=C(O)CCC=C1. The van der Waals surface area contributed by atoms with E-state index in [4.69, 9.17) is 5.11 Å². The molecule has 0 spiro atoms. The van der Waals surface area contributed by atoms with E-state index in [1.54, 1.807) is 6.08 Å². The van der Waals surface area contributed by atoms with Gasteiger partial charge in [-0.1, -0.05) is 6.08 Å². The summed E-state index contributed by atoms with van der Waals surface area (Å²) in [6.45, 7) is 0. The fraction of sp³-hybridized carbons (Fsp3) is 0.286. The Bertz CT molecular complexity index is 194. The van der Waals surface area contributed by atoms with E-state index in [1.165, 1.54) is 0 Å². The minimum absolute atomic E-state index is 0.259.